The van der Waals surface area contributed by atoms with Crippen molar-refractivity contribution >= 4 is 34.8 Å². The van der Waals surface area contributed by atoms with E-state index in [-0.39, 0.29) is 10.7 Å². The number of amides is 2. The van der Waals surface area contributed by atoms with Crippen LogP contribution < -0.4 is 10.2 Å². The maximum absolute atomic E-state index is 12.8. The number of carbonyl (C=O) groups excluding carboxylic acids is 2. The Balaban J connectivity index is 1.96. The quantitative estimate of drug-likeness (QED) is 0.833. The molecule has 4 nitrogen and oxygen atoms in total. The number of imide groups is 1. The Labute approximate surface area is 152 Å². The van der Waals surface area contributed by atoms with E-state index in [9.17, 15) is 9.59 Å². The molecule has 0 fully saturated rings. The van der Waals surface area contributed by atoms with Gasteiger partial charge >= 0.3 is 0 Å². The highest BCUT2D eigenvalue weighted by Gasteiger charge is 2.39. The van der Waals surface area contributed by atoms with Crippen LogP contribution in [0.5, 0.6) is 0 Å². The molecule has 0 aromatic heterocycles. The molecule has 0 unspecified atom stereocenters. The minimum Gasteiger partial charge on any atom is -0.350 e. The van der Waals surface area contributed by atoms with Gasteiger partial charge in [0.15, 0.2) is 0 Å². The standard InChI is InChI=1S/C20H19ClN2O2/c1-11-5-6-13(3)16(9-11)23-19(24)17(21)18(20(23)25)22-15-8-7-12(2)14(4)10-15/h5-10,22H,1-4H3. The topological polar surface area (TPSA) is 49.4 Å². The molecule has 2 aromatic carbocycles. The molecule has 5 heteroatoms. The average Bonchev–Trinajstić information content (AvgIpc) is 2.77. The minimum atomic E-state index is -0.508. The van der Waals surface area contributed by atoms with Crippen molar-refractivity contribution in [2.45, 2.75) is 27.7 Å². The summed E-state index contributed by atoms with van der Waals surface area (Å²) < 4.78 is 0. The Morgan fingerprint density at radius 1 is 0.840 bits per heavy atom. The van der Waals surface area contributed by atoms with Gasteiger partial charge in [-0.15, -0.1) is 0 Å². The molecule has 0 radical (unpaired) electrons. The van der Waals surface area contributed by atoms with Gasteiger partial charge in [0.05, 0.1) is 5.69 Å². The summed E-state index contributed by atoms with van der Waals surface area (Å²) >= 11 is 6.19. The first-order chi connectivity index (χ1) is 11.8. The molecule has 1 N–H and O–H groups in total. The average molecular weight is 355 g/mol. The fraction of sp³-hybridized carbons (Fsp3) is 0.200. The number of benzene rings is 2. The molecule has 0 atom stereocenters. The Kier molecular flexibility index (Phi) is 4.39. The molecule has 25 heavy (non-hydrogen) atoms. The summed E-state index contributed by atoms with van der Waals surface area (Å²) in [5.74, 6) is -0.950. The van der Waals surface area contributed by atoms with Crippen LogP contribution in [0.1, 0.15) is 22.3 Å². The molecule has 0 aliphatic carbocycles. The van der Waals surface area contributed by atoms with E-state index < -0.39 is 11.8 Å². The van der Waals surface area contributed by atoms with Crippen LogP contribution in [0, 0.1) is 27.7 Å². The number of aryl methyl sites for hydroxylation is 4. The first kappa shape index (κ1) is 17.2. The van der Waals surface area contributed by atoms with E-state index >= 15 is 0 Å². The lowest BCUT2D eigenvalue weighted by Crippen LogP contribution is -2.32. The highest BCUT2D eigenvalue weighted by atomic mass is 35.5. The van der Waals surface area contributed by atoms with Gasteiger partial charge in [0.25, 0.3) is 11.8 Å². The van der Waals surface area contributed by atoms with Gasteiger partial charge in [0.2, 0.25) is 0 Å². The van der Waals surface area contributed by atoms with Gasteiger partial charge in [-0.1, -0.05) is 29.8 Å². The zero-order valence-corrected chi connectivity index (χ0v) is 15.4. The van der Waals surface area contributed by atoms with E-state index in [1.807, 2.05) is 64.1 Å². The Morgan fingerprint density at radius 3 is 2.20 bits per heavy atom. The SMILES string of the molecule is Cc1ccc(C)c(N2C(=O)C(Cl)=C(Nc3ccc(C)c(C)c3)C2=O)c1. The number of hydrogen-bond donors (Lipinski definition) is 1. The molecular formula is C20H19ClN2O2. The van der Waals surface area contributed by atoms with Gasteiger partial charge in [-0.05, 0) is 68.1 Å². The molecule has 128 valence electrons. The predicted octanol–water partition coefficient (Wildman–Crippen LogP) is 4.36. The number of rotatable bonds is 3. The Hall–Kier alpha value is -2.59. The van der Waals surface area contributed by atoms with Gasteiger partial charge in [-0.25, -0.2) is 4.90 Å². The van der Waals surface area contributed by atoms with Crippen LogP contribution in [0.15, 0.2) is 47.1 Å². The van der Waals surface area contributed by atoms with Crippen molar-refractivity contribution in [3.8, 4) is 0 Å². The van der Waals surface area contributed by atoms with E-state index in [4.69, 9.17) is 11.6 Å². The van der Waals surface area contributed by atoms with E-state index in [0.717, 1.165) is 32.8 Å². The van der Waals surface area contributed by atoms with Crippen molar-refractivity contribution in [3.63, 3.8) is 0 Å². The number of nitrogens with zero attached hydrogens (tertiary/aromatic N) is 1. The molecule has 1 heterocycles. The van der Waals surface area contributed by atoms with E-state index in [1.165, 1.54) is 0 Å². The summed E-state index contributed by atoms with van der Waals surface area (Å²) in [4.78, 5) is 26.6. The predicted molar refractivity (Wildman–Crippen MR) is 101 cm³/mol. The van der Waals surface area contributed by atoms with Gasteiger partial charge in [-0.3, -0.25) is 9.59 Å². The lowest BCUT2D eigenvalue weighted by Gasteiger charge is -2.18. The van der Waals surface area contributed by atoms with Crippen LogP contribution in [-0.2, 0) is 9.59 Å². The van der Waals surface area contributed by atoms with E-state index in [0.29, 0.717) is 5.69 Å². The van der Waals surface area contributed by atoms with Crippen LogP contribution in [0.25, 0.3) is 0 Å². The van der Waals surface area contributed by atoms with Crippen LogP contribution in [-0.4, -0.2) is 11.8 Å². The molecule has 0 spiro atoms. The third-order valence-electron chi connectivity index (χ3n) is 4.41. The highest BCUT2D eigenvalue weighted by Crippen LogP contribution is 2.32. The monoisotopic (exact) mass is 354 g/mol. The van der Waals surface area contributed by atoms with Crippen molar-refractivity contribution in [3.05, 3.63) is 69.4 Å². The number of anilines is 2. The third-order valence-corrected chi connectivity index (χ3v) is 4.76. The zero-order valence-electron chi connectivity index (χ0n) is 14.6. The minimum absolute atomic E-state index is 0.0934. The summed E-state index contributed by atoms with van der Waals surface area (Å²) in [7, 11) is 0. The molecule has 3 rings (SSSR count). The van der Waals surface area contributed by atoms with Gasteiger partial charge in [0.1, 0.15) is 10.7 Å². The normalized spacial score (nSPS) is 14.5. The lowest BCUT2D eigenvalue weighted by molar-refractivity contribution is -0.120. The Bertz CT molecular complexity index is 931. The smallest absolute Gasteiger partial charge is 0.283 e. The molecule has 0 saturated carbocycles. The zero-order chi connectivity index (χ0) is 18.3. The summed E-state index contributed by atoms with van der Waals surface area (Å²) in [5, 5.41) is 2.91. The fourth-order valence-electron chi connectivity index (χ4n) is 2.75. The van der Waals surface area contributed by atoms with Gasteiger partial charge < -0.3 is 5.32 Å². The summed E-state index contributed by atoms with van der Waals surface area (Å²) in [6, 6.07) is 11.4. The van der Waals surface area contributed by atoms with E-state index in [1.54, 1.807) is 0 Å². The van der Waals surface area contributed by atoms with Gasteiger partial charge in [0, 0.05) is 5.69 Å². The number of nitrogens with one attached hydrogen (secondary N) is 1. The third kappa shape index (κ3) is 3.05. The molecule has 1 aliphatic heterocycles. The van der Waals surface area contributed by atoms with E-state index in [2.05, 4.69) is 5.32 Å². The molecule has 0 saturated heterocycles. The first-order valence-electron chi connectivity index (χ1n) is 7.99. The summed E-state index contributed by atoms with van der Waals surface area (Å²) in [6.45, 7) is 7.77. The summed E-state index contributed by atoms with van der Waals surface area (Å²) in [5.41, 5.74) is 5.43. The number of hydrogen-bond acceptors (Lipinski definition) is 3. The molecule has 2 aromatic rings. The number of carbonyl (C=O) groups is 2. The summed E-state index contributed by atoms with van der Waals surface area (Å²) in [6.07, 6.45) is 0. The van der Waals surface area contributed by atoms with Crippen LogP contribution in [0.4, 0.5) is 11.4 Å². The number of halogens is 1. The Morgan fingerprint density at radius 2 is 1.52 bits per heavy atom. The first-order valence-corrected chi connectivity index (χ1v) is 8.37. The largest absolute Gasteiger partial charge is 0.350 e. The molecule has 0 bridgehead atoms. The second-order valence-corrected chi connectivity index (χ2v) is 6.73. The van der Waals surface area contributed by atoms with Crippen LogP contribution >= 0.6 is 11.6 Å². The van der Waals surface area contributed by atoms with Crippen LogP contribution in [0.2, 0.25) is 0 Å². The maximum atomic E-state index is 12.8. The van der Waals surface area contributed by atoms with Crippen molar-refractivity contribution in [1.29, 1.82) is 0 Å². The van der Waals surface area contributed by atoms with Gasteiger partial charge in [-0.2, -0.15) is 0 Å². The maximum Gasteiger partial charge on any atom is 0.283 e. The van der Waals surface area contributed by atoms with Crippen molar-refractivity contribution in [1.82, 2.24) is 0 Å². The second-order valence-electron chi connectivity index (χ2n) is 6.35. The van der Waals surface area contributed by atoms with Crippen LogP contribution in [0.3, 0.4) is 0 Å². The molecular weight excluding hydrogens is 336 g/mol. The fourth-order valence-corrected chi connectivity index (χ4v) is 2.97. The lowest BCUT2D eigenvalue weighted by atomic mass is 10.1. The highest BCUT2D eigenvalue weighted by molar-refractivity contribution is 6.53. The second kappa shape index (κ2) is 6.37. The van der Waals surface area contributed by atoms with Crippen molar-refractivity contribution in [2.75, 3.05) is 10.2 Å². The van der Waals surface area contributed by atoms with Crippen molar-refractivity contribution in [2.24, 2.45) is 0 Å². The molecule has 2 amide bonds. The van der Waals surface area contributed by atoms with Crippen molar-refractivity contribution < 1.29 is 9.59 Å². The molecule has 1 aliphatic rings.